The largest absolute Gasteiger partial charge is 0.389 e. The van der Waals surface area contributed by atoms with Crippen LogP contribution < -0.4 is 0 Å². The summed E-state index contributed by atoms with van der Waals surface area (Å²) in [7, 11) is 0. The molecule has 0 aromatic heterocycles. The summed E-state index contributed by atoms with van der Waals surface area (Å²) in [6.45, 7) is 0. The second kappa shape index (κ2) is 3.81. The summed E-state index contributed by atoms with van der Waals surface area (Å²) in [6, 6.07) is 0. The maximum Gasteiger partial charge on any atom is 0.389 e. The Morgan fingerprint density at radius 1 is 1.22 bits per heavy atom. The van der Waals surface area contributed by atoms with Crippen LogP contribution in [0.1, 0.15) is 12.8 Å². The Morgan fingerprint density at radius 3 is 1.78 bits per heavy atom. The molecule has 9 heavy (non-hydrogen) atoms. The molecule has 0 unspecified atom stereocenters. The molecule has 0 spiro atoms. The van der Waals surface area contributed by atoms with Gasteiger partial charge in [-0.15, -0.1) is 0 Å². The molecule has 0 aromatic rings. The lowest BCUT2D eigenvalue weighted by Gasteiger charge is -2.05. The van der Waals surface area contributed by atoms with Crippen LogP contribution in [0.2, 0.25) is 0 Å². The van der Waals surface area contributed by atoms with Gasteiger partial charge in [-0.25, -0.2) is 0 Å². The Morgan fingerprint density at radius 2 is 1.67 bits per heavy atom. The summed E-state index contributed by atoms with van der Waals surface area (Å²) in [6.07, 6.45) is -4.70. The van der Waals surface area contributed by atoms with E-state index in [1.165, 1.54) is 0 Å². The average molecular weight is 270 g/mol. The molecule has 56 valence electrons. The van der Waals surface area contributed by atoms with Crippen molar-refractivity contribution in [2.45, 2.75) is 22.8 Å². The third-order valence-corrected chi connectivity index (χ3v) is 1.56. The Hall–Kier alpha value is 0.750. The van der Waals surface area contributed by atoms with Crippen molar-refractivity contribution in [1.29, 1.82) is 0 Å². The quantitative estimate of drug-likeness (QED) is 0.674. The predicted octanol–water partition coefficient (Wildman–Crippen LogP) is 3.44. The number of halogens is 5. The van der Waals surface area contributed by atoms with Crippen LogP contribution in [-0.4, -0.2) is 9.91 Å². The fourth-order valence-electron chi connectivity index (χ4n) is 0.273. The Kier molecular flexibility index (Phi) is 4.12. The minimum atomic E-state index is -4.03. The molecule has 0 nitrogen and oxygen atoms in total. The molecule has 0 aromatic carbocycles. The van der Waals surface area contributed by atoms with Crippen LogP contribution in [0.3, 0.4) is 0 Å². The van der Waals surface area contributed by atoms with Gasteiger partial charge in [0.1, 0.15) is 0 Å². The third kappa shape index (κ3) is 8.75. The first kappa shape index (κ1) is 9.75. The highest BCUT2D eigenvalue weighted by atomic mass is 79.9. The first-order valence-corrected chi connectivity index (χ1v) is 4.10. The molecule has 5 heteroatoms. The van der Waals surface area contributed by atoms with Gasteiger partial charge in [0.25, 0.3) is 0 Å². The second-order valence-corrected chi connectivity index (χ2v) is 4.98. The molecular weight excluding hydrogens is 265 g/mol. The van der Waals surface area contributed by atoms with Crippen molar-refractivity contribution in [1.82, 2.24) is 0 Å². The molecule has 0 amide bonds. The summed E-state index contributed by atoms with van der Waals surface area (Å²) in [5.74, 6) is 0. The maximum atomic E-state index is 11.4. The minimum absolute atomic E-state index is 0.0729. The third-order valence-electron chi connectivity index (χ3n) is 0.646. The molecule has 0 fully saturated rings. The lowest BCUT2D eigenvalue weighted by atomic mass is 10.3. The van der Waals surface area contributed by atoms with E-state index in [0.717, 1.165) is 0 Å². The standard InChI is InChI=1S/C4H5Br2F3/c5-3(6)1-2-4(7,8)9/h3H,1-2H2. The van der Waals surface area contributed by atoms with E-state index in [1.807, 2.05) is 0 Å². The fraction of sp³-hybridized carbons (Fsp3) is 1.00. The highest BCUT2D eigenvalue weighted by Crippen LogP contribution is 2.26. The van der Waals surface area contributed by atoms with Gasteiger partial charge in [-0.05, 0) is 6.42 Å². The maximum absolute atomic E-state index is 11.4. The van der Waals surface area contributed by atoms with Gasteiger partial charge in [0, 0.05) is 6.42 Å². The summed E-state index contributed by atoms with van der Waals surface area (Å²) >= 11 is 5.89. The highest BCUT2D eigenvalue weighted by molar-refractivity contribution is 9.24. The van der Waals surface area contributed by atoms with Crippen LogP contribution >= 0.6 is 31.9 Å². The van der Waals surface area contributed by atoms with Crippen molar-refractivity contribution in [2.24, 2.45) is 0 Å². The smallest absolute Gasteiger partial charge is 0.171 e. The molecule has 0 saturated heterocycles. The van der Waals surface area contributed by atoms with E-state index in [1.54, 1.807) is 0 Å². The molecule has 0 radical (unpaired) electrons. The number of hydrogen-bond donors (Lipinski definition) is 0. The first-order valence-electron chi connectivity index (χ1n) is 2.27. The van der Waals surface area contributed by atoms with Gasteiger partial charge in [-0.3, -0.25) is 0 Å². The average Bonchev–Trinajstić information content (AvgIpc) is 1.59. The zero-order chi connectivity index (χ0) is 7.49. The Balaban J connectivity index is 3.28. The van der Waals surface area contributed by atoms with E-state index in [0.29, 0.717) is 0 Å². The van der Waals surface area contributed by atoms with Crippen molar-refractivity contribution in [3.63, 3.8) is 0 Å². The normalized spacial score (nSPS) is 12.7. The van der Waals surface area contributed by atoms with Crippen molar-refractivity contribution in [3.05, 3.63) is 0 Å². The molecule has 0 bridgehead atoms. The Labute approximate surface area is 68.1 Å². The molecule has 0 aliphatic heterocycles. The van der Waals surface area contributed by atoms with Gasteiger partial charge < -0.3 is 0 Å². The van der Waals surface area contributed by atoms with Gasteiger partial charge in [0.2, 0.25) is 0 Å². The van der Waals surface area contributed by atoms with Crippen molar-refractivity contribution < 1.29 is 13.2 Å². The molecule has 0 heterocycles. The monoisotopic (exact) mass is 268 g/mol. The van der Waals surface area contributed by atoms with Gasteiger partial charge in [-0.2, -0.15) is 13.2 Å². The van der Waals surface area contributed by atoms with Crippen LogP contribution in [0.15, 0.2) is 0 Å². The van der Waals surface area contributed by atoms with Crippen molar-refractivity contribution in [3.8, 4) is 0 Å². The molecule has 0 atom stereocenters. The fourth-order valence-corrected chi connectivity index (χ4v) is 0.731. The van der Waals surface area contributed by atoms with Crippen molar-refractivity contribution >= 4 is 31.9 Å². The highest BCUT2D eigenvalue weighted by Gasteiger charge is 2.26. The zero-order valence-corrected chi connectivity index (χ0v) is 7.55. The predicted molar refractivity (Wildman–Crippen MR) is 36.9 cm³/mol. The molecule has 0 N–H and O–H groups in total. The van der Waals surface area contributed by atoms with E-state index in [9.17, 15) is 13.2 Å². The molecule has 0 aliphatic carbocycles. The van der Waals surface area contributed by atoms with Gasteiger partial charge in [0.15, 0.2) is 0 Å². The Bertz CT molecular complexity index is 78.4. The van der Waals surface area contributed by atoms with Crippen LogP contribution in [0, 0.1) is 0 Å². The van der Waals surface area contributed by atoms with E-state index in [2.05, 4.69) is 31.9 Å². The lowest BCUT2D eigenvalue weighted by Crippen LogP contribution is -2.07. The van der Waals surface area contributed by atoms with Crippen molar-refractivity contribution in [2.75, 3.05) is 0 Å². The number of alkyl halides is 5. The van der Waals surface area contributed by atoms with Crippen LogP contribution in [0.25, 0.3) is 0 Å². The molecular formula is C4H5Br2F3. The topological polar surface area (TPSA) is 0 Å². The van der Waals surface area contributed by atoms with Crippen LogP contribution in [-0.2, 0) is 0 Å². The van der Waals surface area contributed by atoms with Gasteiger partial charge in [0.05, 0.1) is 3.74 Å². The summed E-state index contributed by atoms with van der Waals surface area (Å²) in [5.41, 5.74) is 0. The van der Waals surface area contributed by atoms with Crippen LogP contribution in [0.5, 0.6) is 0 Å². The van der Waals surface area contributed by atoms with E-state index in [4.69, 9.17) is 0 Å². The second-order valence-electron chi connectivity index (χ2n) is 1.54. The summed E-state index contributed by atoms with van der Waals surface area (Å²) in [4.78, 5) is 0. The number of rotatable bonds is 2. The molecule has 0 aliphatic rings. The minimum Gasteiger partial charge on any atom is -0.171 e. The van der Waals surface area contributed by atoms with Gasteiger partial charge in [-0.1, -0.05) is 31.9 Å². The SMILES string of the molecule is FC(F)(F)CCC(Br)Br. The van der Waals surface area contributed by atoms with Crippen LogP contribution in [0.4, 0.5) is 13.2 Å². The van der Waals surface area contributed by atoms with Gasteiger partial charge >= 0.3 is 6.18 Å². The molecule has 0 saturated carbocycles. The number of hydrogen-bond acceptors (Lipinski definition) is 0. The van der Waals surface area contributed by atoms with E-state index >= 15 is 0 Å². The van der Waals surface area contributed by atoms with E-state index in [-0.39, 0.29) is 10.2 Å². The lowest BCUT2D eigenvalue weighted by molar-refractivity contribution is -0.134. The summed E-state index contributed by atoms with van der Waals surface area (Å²) in [5, 5.41) is 0. The first-order chi connectivity index (χ1) is 3.92. The summed E-state index contributed by atoms with van der Waals surface area (Å²) < 4.78 is 33.9. The molecule has 0 rings (SSSR count). The zero-order valence-electron chi connectivity index (χ0n) is 4.38. The van der Waals surface area contributed by atoms with E-state index < -0.39 is 12.6 Å².